The summed E-state index contributed by atoms with van der Waals surface area (Å²) >= 11 is 0. The summed E-state index contributed by atoms with van der Waals surface area (Å²) in [6, 6.07) is 0. The Balaban J connectivity index is 2.52. The number of rotatable bonds is 1. The normalized spacial score (nSPS) is 10.4. The van der Waals surface area contributed by atoms with Gasteiger partial charge in [0.2, 0.25) is 5.95 Å². The van der Waals surface area contributed by atoms with Gasteiger partial charge in [-0.1, -0.05) is 0 Å². The monoisotopic (exact) mass is 190 g/mol. The molecule has 0 fully saturated rings. The first-order chi connectivity index (χ1) is 6.66. The molecule has 4 N–H and O–H groups in total. The van der Waals surface area contributed by atoms with Crippen LogP contribution < -0.4 is 11.5 Å². The van der Waals surface area contributed by atoms with Crippen molar-refractivity contribution in [1.82, 2.24) is 19.7 Å². The van der Waals surface area contributed by atoms with Gasteiger partial charge in [0, 0.05) is 30.6 Å². The molecular formula is C8H10N6. The molecule has 0 atom stereocenters. The lowest BCUT2D eigenvalue weighted by Gasteiger charge is -2.01. The Bertz CT molecular complexity index is 461. The lowest BCUT2D eigenvalue weighted by atomic mass is 10.2. The molecule has 0 amide bonds. The topological polar surface area (TPSA) is 95.6 Å². The third-order valence-corrected chi connectivity index (χ3v) is 1.85. The highest BCUT2D eigenvalue weighted by atomic mass is 15.2. The van der Waals surface area contributed by atoms with Gasteiger partial charge < -0.3 is 11.5 Å². The largest absolute Gasteiger partial charge is 0.383 e. The molecule has 0 aliphatic rings. The SMILES string of the molecule is Cn1cc(-c2cnc(N)nc2N)cn1. The number of hydrogen-bond acceptors (Lipinski definition) is 5. The van der Waals surface area contributed by atoms with Gasteiger partial charge in [-0.15, -0.1) is 0 Å². The van der Waals surface area contributed by atoms with Crippen molar-refractivity contribution in [2.24, 2.45) is 7.05 Å². The first-order valence-corrected chi connectivity index (χ1v) is 4.04. The summed E-state index contributed by atoms with van der Waals surface area (Å²) in [6.07, 6.45) is 5.13. The van der Waals surface area contributed by atoms with E-state index in [1.807, 2.05) is 13.2 Å². The molecule has 0 spiro atoms. The van der Waals surface area contributed by atoms with Gasteiger partial charge in [-0.3, -0.25) is 4.68 Å². The van der Waals surface area contributed by atoms with E-state index in [1.54, 1.807) is 17.1 Å². The molecule has 0 radical (unpaired) electrons. The zero-order chi connectivity index (χ0) is 10.1. The van der Waals surface area contributed by atoms with Crippen LogP contribution in [0.4, 0.5) is 11.8 Å². The van der Waals surface area contributed by atoms with Gasteiger partial charge in [-0.25, -0.2) is 4.98 Å². The smallest absolute Gasteiger partial charge is 0.221 e. The third kappa shape index (κ3) is 1.37. The second kappa shape index (κ2) is 2.99. The fourth-order valence-electron chi connectivity index (χ4n) is 1.19. The second-order valence-corrected chi connectivity index (χ2v) is 2.93. The van der Waals surface area contributed by atoms with Crippen LogP contribution in [0.3, 0.4) is 0 Å². The van der Waals surface area contributed by atoms with Gasteiger partial charge in [-0.2, -0.15) is 10.1 Å². The van der Waals surface area contributed by atoms with Crippen LogP contribution in [0.25, 0.3) is 11.1 Å². The maximum atomic E-state index is 5.69. The highest BCUT2D eigenvalue weighted by molar-refractivity contribution is 5.72. The average Bonchev–Trinajstić information content (AvgIpc) is 2.51. The maximum absolute atomic E-state index is 5.69. The fraction of sp³-hybridized carbons (Fsp3) is 0.125. The molecule has 2 rings (SSSR count). The Morgan fingerprint density at radius 3 is 2.64 bits per heavy atom. The fourth-order valence-corrected chi connectivity index (χ4v) is 1.19. The Morgan fingerprint density at radius 1 is 1.29 bits per heavy atom. The predicted octanol–water partition coefficient (Wildman–Crippen LogP) is 0.0415. The van der Waals surface area contributed by atoms with Gasteiger partial charge in [0.25, 0.3) is 0 Å². The van der Waals surface area contributed by atoms with E-state index in [-0.39, 0.29) is 5.95 Å². The van der Waals surface area contributed by atoms with Crippen LogP contribution in [0.1, 0.15) is 0 Å². The van der Waals surface area contributed by atoms with Crippen LogP contribution in [0, 0.1) is 0 Å². The molecule has 2 aromatic heterocycles. The van der Waals surface area contributed by atoms with Gasteiger partial charge in [0.1, 0.15) is 5.82 Å². The molecular weight excluding hydrogens is 180 g/mol. The second-order valence-electron chi connectivity index (χ2n) is 2.93. The van der Waals surface area contributed by atoms with Crippen LogP contribution in [-0.2, 0) is 7.05 Å². The van der Waals surface area contributed by atoms with Crippen LogP contribution in [-0.4, -0.2) is 19.7 Å². The standard InChI is InChI=1S/C8H10N6/c1-14-4-5(2-12-14)6-3-11-8(10)13-7(6)9/h2-4H,1H3,(H4,9,10,11,13). The van der Waals surface area contributed by atoms with Gasteiger partial charge in [-0.05, 0) is 0 Å². The summed E-state index contributed by atoms with van der Waals surface area (Å²) in [6.45, 7) is 0. The van der Waals surface area contributed by atoms with Crippen LogP contribution >= 0.6 is 0 Å². The van der Waals surface area contributed by atoms with Gasteiger partial charge in [0.15, 0.2) is 0 Å². The first kappa shape index (κ1) is 8.49. The van der Waals surface area contributed by atoms with E-state index in [4.69, 9.17) is 11.5 Å². The van der Waals surface area contributed by atoms with E-state index in [0.717, 1.165) is 11.1 Å². The van der Waals surface area contributed by atoms with E-state index in [9.17, 15) is 0 Å². The number of aryl methyl sites for hydroxylation is 1. The van der Waals surface area contributed by atoms with Gasteiger partial charge >= 0.3 is 0 Å². The lowest BCUT2D eigenvalue weighted by Crippen LogP contribution is -2.00. The Kier molecular flexibility index (Phi) is 1.81. The Morgan fingerprint density at radius 2 is 2.07 bits per heavy atom. The molecule has 0 saturated carbocycles. The molecule has 72 valence electrons. The van der Waals surface area contributed by atoms with Crippen LogP contribution in [0.2, 0.25) is 0 Å². The Hall–Kier alpha value is -2.11. The van der Waals surface area contributed by atoms with Crippen LogP contribution in [0.5, 0.6) is 0 Å². The number of hydrogen-bond donors (Lipinski definition) is 2. The van der Waals surface area contributed by atoms with E-state index >= 15 is 0 Å². The van der Waals surface area contributed by atoms with Crippen molar-refractivity contribution in [3.05, 3.63) is 18.6 Å². The molecule has 2 heterocycles. The number of anilines is 2. The first-order valence-electron chi connectivity index (χ1n) is 4.04. The molecule has 0 aliphatic heterocycles. The molecule has 2 aromatic rings. The minimum absolute atomic E-state index is 0.176. The molecule has 6 nitrogen and oxygen atoms in total. The summed E-state index contributed by atoms with van der Waals surface area (Å²) in [5.41, 5.74) is 12.7. The molecule has 0 bridgehead atoms. The van der Waals surface area contributed by atoms with E-state index in [2.05, 4.69) is 15.1 Å². The van der Waals surface area contributed by atoms with Crippen LogP contribution in [0.15, 0.2) is 18.6 Å². The van der Waals surface area contributed by atoms with Crippen molar-refractivity contribution in [3.8, 4) is 11.1 Å². The maximum Gasteiger partial charge on any atom is 0.221 e. The van der Waals surface area contributed by atoms with E-state index < -0.39 is 0 Å². The van der Waals surface area contributed by atoms with E-state index in [0.29, 0.717) is 5.82 Å². The predicted molar refractivity (Wildman–Crippen MR) is 53.1 cm³/mol. The quantitative estimate of drug-likeness (QED) is 0.662. The van der Waals surface area contributed by atoms with Crippen molar-refractivity contribution < 1.29 is 0 Å². The number of nitrogens with zero attached hydrogens (tertiary/aromatic N) is 4. The number of aromatic nitrogens is 4. The Labute approximate surface area is 80.6 Å². The van der Waals surface area contributed by atoms with Crippen molar-refractivity contribution in [2.45, 2.75) is 0 Å². The van der Waals surface area contributed by atoms with E-state index in [1.165, 1.54) is 0 Å². The summed E-state index contributed by atoms with van der Waals surface area (Å²) in [5, 5.41) is 4.03. The summed E-state index contributed by atoms with van der Waals surface area (Å²) in [7, 11) is 1.83. The van der Waals surface area contributed by atoms with Crippen molar-refractivity contribution >= 4 is 11.8 Å². The molecule has 0 saturated heterocycles. The minimum atomic E-state index is 0.176. The summed E-state index contributed by atoms with van der Waals surface area (Å²) in [4.78, 5) is 7.74. The molecule has 14 heavy (non-hydrogen) atoms. The molecule has 6 heteroatoms. The third-order valence-electron chi connectivity index (χ3n) is 1.85. The van der Waals surface area contributed by atoms with Crippen molar-refractivity contribution in [1.29, 1.82) is 0 Å². The molecule has 0 aliphatic carbocycles. The van der Waals surface area contributed by atoms with Crippen molar-refractivity contribution in [3.63, 3.8) is 0 Å². The lowest BCUT2D eigenvalue weighted by molar-refractivity contribution is 0.768. The zero-order valence-electron chi connectivity index (χ0n) is 7.68. The summed E-state index contributed by atoms with van der Waals surface area (Å²) in [5.74, 6) is 0.542. The number of nitrogens with two attached hydrogens (primary N) is 2. The average molecular weight is 190 g/mol. The zero-order valence-corrected chi connectivity index (χ0v) is 7.68. The molecule has 0 aromatic carbocycles. The minimum Gasteiger partial charge on any atom is -0.383 e. The highest BCUT2D eigenvalue weighted by Gasteiger charge is 2.06. The highest BCUT2D eigenvalue weighted by Crippen LogP contribution is 2.22. The van der Waals surface area contributed by atoms with Gasteiger partial charge in [0.05, 0.1) is 6.20 Å². The van der Waals surface area contributed by atoms with Crippen molar-refractivity contribution in [2.75, 3.05) is 11.5 Å². The molecule has 0 unspecified atom stereocenters. The summed E-state index contributed by atoms with van der Waals surface area (Å²) < 4.78 is 1.69. The number of nitrogen functional groups attached to an aromatic ring is 2.